The quantitative estimate of drug-likeness (QED) is 0.843. The summed E-state index contributed by atoms with van der Waals surface area (Å²) >= 11 is 1.69. The zero-order valence-electron chi connectivity index (χ0n) is 14.3. The minimum Gasteiger partial charge on any atom is -0.346 e. The van der Waals surface area contributed by atoms with Gasteiger partial charge in [0.2, 0.25) is 5.13 Å². The van der Waals surface area contributed by atoms with Gasteiger partial charge in [-0.3, -0.25) is 4.90 Å². The largest absolute Gasteiger partial charge is 0.346 e. The minimum atomic E-state index is -0.193. The van der Waals surface area contributed by atoms with Gasteiger partial charge in [0.15, 0.2) is 0 Å². The summed E-state index contributed by atoms with van der Waals surface area (Å²) in [6.07, 6.45) is 4.88. The van der Waals surface area contributed by atoms with Gasteiger partial charge in [-0.25, -0.2) is 4.39 Å². The first-order chi connectivity index (χ1) is 12.3. The van der Waals surface area contributed by atoms with E-state index in [1.54, 1.807) is 11.3 Å². The van der Waals surface area contributed by atoms with E-state index < -0.39 is 0 Å². The van der Waals surface area contributed by atoms with E-state index in [1.165, 1.54) is 44.5 Å². The molecule has 3 saturated heterocycles. The molecule has 3 aliphatic rings. The Morgan fingerprint density at radius 1 is 1.08 bits per heavy atom. The predicted molar refractivity (Wildman–Crippen MR) is 97.5 cm³/mol. The average molecular weight is 358 g/mol. The highest BCUT2D eigenvalue weighted by atomic mass is 32.1. The van der Waals surface area contributed by atoms with Crippen LogP contribution in [0.5, 0.6) is 0 Å². The van der Waals surface area contributed by atoms with E-state index in [0.29, 0.717) is 0 Å². The molecule has 0 aliphatic carbocycles. The molecule has 0 unspecified atom stereocenters. The minimum absolute atomic E-state index is 0.193. The average Bonchev–Trinajstić information content (AvgIpc) is 3.31. The topological polar surface area (TPSA) is 32.3 Å². The van der Waals surface area contributed by atoms with Crippen molar-refractivity contribution in [1.29, 1.82) is 0 Å². The predicted octanol–water partition coefficient (Wildman–Crippen LogP) is 3.19. The standard InChI is InChI=1S/C19H23FN4S/c20-15-6-4-13(5-7-15)9-18-21-22-19(25-18)24-11-14-10-23-8-2-1-3-17(23)16(14)12-24/h4-7,14,16-17H,1-3,8-12H2/t14-,16+,17-/m0/s1. The number of halogens is 1. The Bertz CT molecular complexity index is 746. The van der Waals surface area contributed by atoms with Gasteiger partial charge in [-0.05, 0) is 48.9 Å². The first-order valence-electron chi connectivity index (χ1n) is 9.32. The molecule has 0 N–H and O–H groups in total. The zero-order valence-corrected chi connectivity index (χ0v) is 15.1. The molecule has 0 radical (unpaired) electrons. The number of hydrogen-bond donors (Lipinski definition) is 0. The van der Waals surface area contributed by atoms with Crippen molar-refractivity contribution >= 4 is 16.5 Å². The summed E-state index contributed by atoms with van der Waals surface area (Å²) in [4.78, 5) is 5.18. The molecule has 0 bridgehead atoms. The number of rotatable bonds is 3. The Morgan fingerprint density at radius 3 is 2.84 bits per heavy atom. The molecule has 0 saturated carbocycles. The maximum absolute atomic E-state index is 13.0. The maximum Gasteiger partial charge on any atom is 0.208 e. The molecule has 3 fully saturated rings. The van der Waals surface area contributed by atoms with Crippen LogP contribution in [0.15, 0.2) is 24.3 Å². The number of nitrogens with zero attached hydrogens (tertiary/aromatic N) is 4. The monoisotopic (exact) mass is 358 g/mol. The van der Waals surface area contributed by atoms with Crippen LogP contribution in [-0.2, 0) is 6.42 Å². The lowest BCUT2D eigenvalue weighted by atomic mass is 9.90. The van der Waals surface area contributed by atoms with Gasteiger partial charge in [0.1, 0.15) is 10.8 Å². The van der Waals surface area contributed by atoms with Gasteiger partial charge in [-0.2, -0.15) is 0 Å². The van der Waals surface area contributed by atoms with Gasteiger partial charge in [0.05, 0.1) is 0 Å². The summed E-state index contributed by atoms with van der Waals surface area (Å²) in [5, 5.41) is 10.9. The van der Waals surface area contributed by atoms with Crippen LogP contribution in [0.3, 0.4) is 0 Å². The van der Waals surface area contributed by atoms with Crippen molar-refractivity contribution in [1.82, 2.24) is 15.1 Å². The fourth-order valence-electron chi connectivity index (χ4n) is 4.93. The first-order valence-corrected chi connectivity index (χ1v) is 10.1. The van der Waals surface area contributed by atoms with Crippen molar-refractivity contribution in [2.75, 3.05) is 31.1 Å². The Kier molecular flexibility index (Phi) is 3.97. The van der Waals surface area contributed by atoms with Crippen molar-refractivity contribution in [2.24, 2.45) is 11.8 Å². The van der Waals surface area contributed by atoms with E-state index >= 15 is 0 Å². The third-order valence-corrected chi connectivity index (χ3v) is 7.10. The van der Waals surface area contributed by atoms with Crippen LogP contribution in [0.25, 0.3) is 0 Å². The number of hydrogen-bond acceptors (Lipinski definition) is 5. The lowest BCUT2D eigenvalue weighted by molar-refractivity contribution is 0.173. The third-order valence-electron chi connectivity index (χ3n) is 6.11. The highest BCUT2D eigenvalue weighted by Gasteiger charge is 2.47. The molecule has 25 heavy (non-hydrogen) atoms. The van der Waals surface area contributed by atoms with Crippen molar-refractivity contribution in [3.8, 4) is 0 Å². The van der Waals surface area contributed by atoms with Gasteiger partial charge < -0.3 is 4.90 Å². The first kappa shape index (κ1) is 15.7. The summed E-state index contributed by atoms with van der Waals surface area (Å²) in [5.41, 5.74) is 1.08. The van der Waals surface area contributed by atoms with E-state index in [1.807, 2.05) is 12.1 Å². The number of fused-ring (bicyclic) bond motifs is 3. The molecule has 1 aromatic carbocycles. The molecule has 5 rings (SSSR count). The summed E-state index contributed by atoms with van der Waals surface area (Å²) < 4.78 is 13.0. The van der Waals surface area contributed by atoms with E-state index in [9.17, 15) is 4.39 Å². The molecule has 3 aliphatic heterocycles. The van der Waals surface area contributed by atoms with Gasteiger partial charge in [-0.15, -0.1) is 10.2 Å². The molecule has 6 heteroatoms. The Labute approximate surface area is 151 Å². The van der Waals surface area contributed by atoms with Gasteiger partial charge in [-0.1, -0.05) is 29.9 Å². The highest BCUT2D eigenvalue weighted by Crippen LogP contribution is 2.42. The number of aromatic nitrogens is 2. The van der Waals surface area contributed by atoms with Crippen LogP contribution >= 0.6 is 11.3 Å². The molecule has 0 amide bonds. The number of anilines is 1. The molecule has 3 atom stereocenters. The van der Waals surface area contributed by atoms with E-state index in [0.717, 1.165) is 53.1 Å². The molecule has 1 aromatic heterocycles. The highest BCUT2D eigenvalue weighted by molar-refractivity contribution is 7.15. The Hall–Kier alpha value is -1.53. The Morgan fingerprint density at radius 2 is 1.96 bits per heavy atom. The lowest BCUT2D eigenvalue weighted by Crippen LogP contribution is -2.39. The lowest BCUT2D eigenvalue weighted by Gasteiger charge is -2.33. The van der Waals surface area contributed by atoms with E-state index in [2.05, 4.69) is 20.0 Å². The fourth-order valence-corrected chi connectivity index (χ4v) is 5.82. The van der Waals surface area contributed by atoms with Crippen LogP contribution in [0.2, 0.25) is 0 Å². The van der Waals surface area contributed by atoms with Gasteiger partial charge >= 0.3 is 0 Å². The van der Waals surface area contributed by atoms with Crippen LogP contribution in [0.1, 0.15) is 29.8 Å². The molecular formula is C19H23FN4S. The second kappa shape index (κ2) is 6.32. The van der Waals surface area contributed by atoms with E-state index in [4.69, 9.17) is 0 Å². The fraction of sp³-hybridized carbons (Fsp3) is 0.579. The SMILES string of the molecule is Fc1ccc(Cc2nnc(N3C[C@@H]4CN5CCCC[C@H]5[C@@H]4C3)s2)cc1. The molecule has 2 aromatic rings. The summed E-state index contributed by atoms with van der Waals surface area (Å²) in [6.45, 7) is 4.84. The molecule has 4 nitrogen and oxygen atoms in total. The molecular weight excluding hydrogens is 335 g/mol. The van der Waals surface area contributed by atoms with Crippen LogP contribution in [0, 0.1) is 17.7 Å². The summed E-state index contributed by atoms with van der Waals surface area (Å²) in [7, 11) is 0. The number of piperidine rings is 1. The van der Waals surface area contributed by atoms with Crippen molar-refractivity contribution in [3.63, 3.8) is 0 Å². The third kappa shape index (κ3) is 2.95. The molecule has 0 spiro atoms. The van der Waals surface area contributed by atoms with Gasteiger partial charge in [0, 0.05) is 32.1 Å². The van der Waals surface area contributed by atoms with Crippen molar-refractivity contribution < 1.29 is 4.39 Å². The van der Waals surface area contributed by atoms with Gasteiger partial charge in [0.25, 0.3) is 0 Å². The van der Waals surface area contributed by atoms with E-state index in [-0.39, 0.29) is 5.82 Å². The van der Waals surface area contributed by atoms with Crippen LogP contribution < -0.4 is 4.90 Å². The normalized spacial score (nSPS) is 29.0. The summed E-state index contributed by atoms with van der Waals surface area (Å²) in [6, 6.07) is 7.47. The smallest absolute Gasteiger partial charge is 0.208 e. The van der Waals surface area contributed by atoms with Crippen molar-refractivity contribution in [2.45, 2.75) is 31.7 Å². The van der Waals surface area contributed by atoms with Crippen LogP contribution in [-0.4, -0.2) is 47.3 Å². The zero-order chi connectivity index (χ0) is 16.8. The second-order valence-electron chi connectivity index (χ2n) is 7.67. The second-order valence-corrected chi connectivity index (χ2v) is 8.71. The summed E-state index contributed by atoms with van der Waals surface area (Å²) in [5.74, 6) is 1.42. The maximum atomic E-state index is 13.0. The molecule has 4 heterocycles. The van der Waals surface area contributed by atoms with Crippen molar-refractivity contribution in [3.05, 3.63) is 40.7 Å². The molecule has 132 valence electrons. The number of benzene rings is 1. The Balaban J connectivity index is 1.26. The van der Waals surface area contributed by atoms with Crippen LogP contribution in [0.4, 0.5) is 9.52 Å².